The Labute approximate surface area is 239 Å². The van der Waals surface area contributed by atoms with Gasteiger partial charge in [-0.25, -0.2) is 21.6 Å². The third-order valence-corrected chi connectivity index (χ3v) is 11.9. The Balaban J connectivity index is 1.17. The molecule has 0 radical (unpaired) electrons. The minimum absolute atomic E-state index is 0.0486. The van der Waals surface area contributed by atoms with Gasteiger partial charge in [0.25, 0.3) is 5.91 Å². The van der Waals surface area contributed by atoms with Gasteiger partial charge in [-0.2, -0.15) is 0 Å². The number of benzene rings is 2. The molecule has 41 heavy (non-hydrogen) atoms. The van der Waals surface area contributed by atoms with Crippen LogP contribution in [0.15, 0.2) is 35.2 Å². The Morgan fingerprint density at radius 3 is 2.22 bits per heavy atom. The zero-order chi connectivity index (χ0) is 29.3. The molecule has 6 rings (SSSR count). The van der Waals surface area contributed by atoms with Crippen LogP contribution in [0.5, 0.6) is 0 Å². The van der Waals surface area contributed by atoms with Gasteiger partial charge < -0.3 is 20.1 Å². The van der Waals surface area contributed by atoms with Crippen molar-refractivity contribution < 1.29 is 41.0 Å². The standard InChI is InChI=1S/C28H28ClF3N2O6S/c29-20-4-1-15(26(36)33-18-8-21(30)25(32)22(31)9-18)5-23(20)41(38,39)19-6-16-2-3-17(7-19)28(16,37)10-24(35)34-11-27(12-34)13-40-14-27/h1,4-5,8-9,16-17,19,37H,2-3,6-7,10-14H2,(H,33,36)/t16-,17?,19-,28-/m0/s1. The number of nitrogens with one attached hydrogen (secondary N) is 1. The summed E-state index contributed by atoms with van der Waals surface area (Å²) in [5.41, 5.74) is -1.71. The highest BCUT2D eigenvalue weighted by molar-refractivity contribution is 7.92. The minimum atomic E-state index is -4.07. The highest BCUT2D eigenvalue weighted by Crippen LogP contribution is 2.54. The molecule has 4 fully saturated rings. The Kier molecular flexibility index (Phi) is 6.91. The molecule has 220 valence electrons. The number of hydrogen-bond donors (Lipinski definition) is 2. The normalized spacial score (nSPS) is 28.2. The first-order valence-electron chi connectivity index (χ1n) is 13.4. The van der Waals surface area contributed by atoms with Crippen molar-refractivity contribution in [2.75, 3.05) is 31.6 Å². The van der Waals surface area contributed by atoms with Gasteiger partial charge in [0, 0.05) is 36.5 Å². The van der Waals surface area contributed by atoms with Crippen LogP contribution in [0.3, 0.4) is 0 Å². The largest absolute Gasteiger partial charge is 0.389 e. The average molecular weight is 613 g/mol. The second-order valence-electron chi connectivity index (χ2n) is 11.9. The summed E-state index contributed by atoms with van der Waals surface area (Å²) >= 11 is 6.27. The zero-order valence-electron chi connectivity index (χ0n) is 21.8. The third-order valence-electron chi connectivity index (χ3n) is 9.21. The van der Waals surface area contributed by atoms with Crippen molar-refractivity contribution in [2.45, 2.75) is 47.9 Å². The Morgan fingerprint density at radius 2 is 1.66 bits per heavy atom. The van der Waals surface area contributed by atoms with Crippen molar-refractivity contribution >= 4 is 38.9 Å². The monoisotopic (exact) mass is 612 g/mol. The number of ether oxygens (including phenoxy) is 1. The predicted octanol–water partition coefficient (Wildman–Crippen LogP) is 3.95. The number of carbonyl (C=O) groups excluding carboxylic acids is 2. The molecule has 2 saturated carbocycles. The Morgan fingerprint density at radius 1 is 1.05 bits per heavy atom. The lowest BCUT2D eigenvalue weighted by Crippen LogP contribution is -2.67. The maximum Gasteiger partial charge on any atom is 0.255 e. The number of sulfone groups is 1. The summed E-state index contributed by atoms with van der Waals surface area (Å²) in [5.74, 6) is -6.45. The first-order chi connectivity index (χ1) is 19.3. The lowest BCUT2D eigenvalue weighted by molar-refractivity contribution is -0.199. The SMILES string of the molecule is O=C(Nc1cc(F)c(F)c(F)c1)c1ccc(Cl)c(S(=O)(=O)[C@@H]2CC3CC[C@@H](C2)[C@@]3(O)CC(=O)N2CC3(COC3)C2)c1. The van der Waals surface area contributed by atoms with E-state index in [1.54, 1.807) is 4.90 Å². The van der Waals surface area contributed by atoms with Crippen LogP contribution in [0, 0.1) is 34.7 Å². The number of fused-ring (bicyclic) bond motifs is 2. The molecule has 8 nitrogen and oxygen atoms in total. The van der Waals surface area contributed by atoms with Crippen LogP contribution in [0.25, 0.3) is 0 Å². The van der Waals surface area contributed by atoms with E-state index >= 15 is 0 Å². The lowest BCUT2D eigenvalue weighted by atomic mass is 9.71. The molecule has 13 heteroatoms. The van der Waals surface area contributed by atoms with E-state index in [1.165, 1.54) is 12.1 Å². The van der Waals surface area contributed by atoms with Crippen LogP contribution in [-0.2, 0) is 19.4 Å². The van der Waals surface area contributed by atoms with Gasteiger partial charge in [-0.15, -0.1) is 0 Å². The number of carbonyl (C=O) groups is 2. The molecule has 2 bridgehead atoms. The lowest BCUT2D eigenvalue weighted by Gasteiger charge is -2.55. The molecule has 2 aliphatic carbocycles. The summed E-state index contributed by atoms with van der Waals surface area (Å²) in [5, 5.41) is 12.9. The first-order valence-corrected chi connectivity index (χ1v) is 15.3. The van der Waals surface area contributed by atoms with Gasteiger partial charge in [-0.3, -0.25) is 9.59 Å². The number of rotatable bonds is 6. The maximum atomic E-state index is 13.8. The van der Waals surface area contributed by atoms with Crippen molar-refractivity contribution in [1.82, 2.24) is 4.90 Å². The fraction of sp³-hybridized carbons (Fsp3) is 0.500. The quantitative estimate of drug-likeness (QED) is 0.478. The van der Waals surface area contributed by atoms with Crippen molar-refractivity contribution in [3.8, 4) is 0 Å². The summed E-state index contributed by atoms with van der Waals surface area (Å²) < 4.78 is 73.2. The molecular weight excluding hydrogens is 585 g/mol. The molecule has 2 aromatic rings. The highest BCUT2D eigenvalue weighted by atomic mass is 35.5. The molecule has 1 unspecified atom stereocenters. The zero-order valence-corrected chi connectivity index (χ0v) is 23.4. The van der Waals surface area contributed by atoms with Gasteiger partial charge in [-0.05, 0) is 55.7 Å². The fourth-order valence-electron chi connectivity index (χ4n) is 6.89. The number of anilines is 1. The van der Waals surface area contributed by atoms with Gasteiger partial charge in [0.2, 0.25) is 5.91 Å². The van der Waals surface area contributed by atoms with E-state index in [9.17, 15) is 36.3 Å². The number of halogens is 4. The van der Waals surface area contributed by atoms with E-state index in [0.717, 1.165) is 6.07 Å². The van der Waals surface area contributed by atoms with Gasteiger partial charge in [0.05, 0.1) is 45.8 Å². The van der Waals surface area contributed by atoms with Crippen molar-refractivity contribution in [3.05, 3.63) is 58.4 Å². The molecule has 4 atom stereocenters. The molecule has 2 aliphatic heterocycles. The summed E-state index contributed by atoms with van der Waals surface area (Å²) in [7, 11) is -4.07. The smallest absolute Gasteiger partial charge is 0.255 e. The molecule has 2 aromatic carbocycles. The van der Waals surface area contributed by atoms with Crippen molar-refractivity contribution in [3.63, 3.8) is 0 Å². The van der Waals surface area contributed by atoms with E-state index < -0.39 is 44.0 Å². The fourth-order valence-corrected chi connectivity index (χ4v) is 9.29. The first kappa shape index (κ1) is 28.4. The Bertz CT molecular complexity index is 1500. The number of nitrogens with zero attached hydrogens (tertiary/aromatic N) is 1. The predicted molar refractivity (Wildman–Crippen MR) is 142 cm³/mol. The van der Waals surface area contributed by atoms with E-state index in [2.05, 4.69) is 5.32 Å². The second kappa shape index (κ2) is 9.96. The molecule has 4 aliphatic rings. The van der Waals surface area contributed by atoms with Gasteiger partial charge >= 0.3 is 0 Å². The van der Waals surface area contributed by atoms with Crippen molar-refractivity contribution in [1.29, 1.82) is 0 Å². The van der Waals surface area contributed by atoms with Crippen LogP contribution in [0.2, 0.25) is 5.02 Å². The second-order valence-corrected chi connectivity index (χ2v) is 14.5. The van der Waals surface area contributed by atoms with E-state index in [-0.39, 0.29) is 63.6 Å². The number of aliphatic hydroxyl groups is 1. The summed E-state index contributed by atoms with van der Waals surface area (Å²) in [6, 6.07) is 4.82. The molecule has 1 spiro atoms. The maximum absolute atomic E-state index is 13.8. The topological polar surface area (TPSA) is 113 Å². The number of amides is 2. The van der Waals surface area contributed by atoms with E-state index in [0.29, 0.717) is 51.3 Å². The number of hydrogen-bond acceptors (Lipinski definition) is 6. The Hall–Kier alpha value is -2.67. The van der Waals surface area contributed by atoms with Crippen LogP contribution < -0.4 is 5.32 Å². The molecule has 2 N–H and O–H groups in total. The van der Waals surface area contributed by atoms with Crippen LogP contribution in [-0.4, -0.2) is 67.4 Å². The van der Waals surface area contributed by atoms with E-state index in [1.807, 2.05) is 0 Å². The van der Waals surface area contributed by atoms with Crippen LogP contribution >= 0.6 is 11.6 Å². The summed E-state index contributed by atoms with van der Waals surface area (Å²) in [4.78, 5) is 27.2. The molecule has 2 saturated heterocycles. The van der Waals surface area contributed by atoms with Crippen molar-refractivity contribution in [2.24, 2.45) is 17.3 Å². The molecule has 0 aromatic heterocycles. The molecule has 2 amide bonds. The third kappa shape index (κ3) is 4.82. The summed E-state index contributed by atoms with van der Waals surface area (Å²) in [6.45, 7) is 2.50. The van der Waals surface area contributed by atoms with Crippen LogP contribution in [0.1, 0.15) is 42.5 Å². The van der Waals surface area contributed by atoms with Gasteiger partial charge in [0.15, 0.2) is 27.3 Å². The minimum Gasteiger partial charge on any atom is -0.389 e. The van der Waals surface area contributed by atoms with Gasteiger partial charge in [-0.1, -0.05) is 11.6 Å². The van der Waals surface area contributed by atoms with Gasteiger partial charge in [0.1, 0.15) is 0 Å². The molecular formula is C28H28ClF3N2O6S. The van der Waals surface area contributed by atoms with E-state index in [4.69, 9.17) is 16.3 Å². The number of likely N-dealkylation sites (tertiary alicyclic amines) is 1. The highest BCUT2D eigenvalue weighted by Gasteiger charge is 2.58. The summed E-state index contributed by atoms with van der Waals surface area (Å²) in [6.07, 6.45) is 1.42. The van der Waals surface area contributed by atoms with Crippen LogP contribution in [0.4, 0.5) is 18.9 Å². The molecule has 2 heterocycles. The average Bonchev–Trinajstić information content (AvgIpc) is 3.02.